The number of fused-ring (bicyclic) bond motifs is 2. The number of ketones is 1. The van der Waals surface area contributed by atoms with Crippen LogP contribution in [0.15, 0.2) is 45.9 Å². The summed E-state index contributed by atoms with van der Waals surface area (Å²) < 4.78 is 0.941. The summed E-state index contributed by atoms with van der Waals surface area (Å²) in [6, 6.07) is 11.0. The van der Waals surface area contributed by atoms with Crippen LogP contribution in [0.25, 0.3) is 10.9 Å². The number of benzene rings is 2. The van der Waals surface area contributed by atoms with Crippen molar-refractivity contribution < 1.29 is 9.90 Å². The van der Waals surface area contributed by atoms with Crippen molar-refractivity contribution in [1.29, 1.82) is 0 Å². The van der Waals surface area contributed by atoms with Crippen molar-refractivity contribution >= 4 is 44.0 Å². The molecule has 4 nitrogen and oxygen atoms in total. The van der Waals surface area contributed by atoms with Crippen LogP contribution in [-0.2, 0) is 0 Å². The number of hydrogen-bond donors (Lipinski definition) is 2. The van der Waals surface area contributed by atoms with E-state index >= 15 is 0 Å². The van der Waals surface area contributed by atoms with Crippen LogP contribution in [0.4, 0.5) is 5.69 Å². The molecule has 0 bridgehead atoms. The average Bonchev–Trinajstić information content (AvgIpc) is 2.97. The highest BCUT2D eigenvalue weighted by atomic mass is 79.9. The van der Waals surface area contributed by atoms with Crippen LogP contribution < -0.4 is 0 Å². The lowest BCUT2D eigenvalue weighted by atomic mass is 10.0. The number of aryl methyl sites for hydroxylation is 1. The molecule has 22 heavy (non-hydrogen) atoms. The first-order valence-electron chi connectivity index (χ1n) is 6.80. The minimum Gasteiger partial charge on any atom is -0.494 e. The molecule has 0 spiro atoms. The molecule has 5 heteroatoms. The molecule has 4 rings (SSSR count). The van der Waals surface area contributed by atoms with Gasteiger partial charge < -0.3 is 10.1 Å². The molecular weight excluding hydrogens is 344 g/mol. The van der Waals surface area contributed by atoms with Gasteiger partial charge in [-0.2, -0.15) is 0 Å². The van der Waals surface area contributed by atoms with Crippen molar-refractivity contribution in [2.75, 3.05) is 0 Å². The van der Waals surface area contributed by atoms with Crippen molar-refractivity contribution in [3.8, 4) is 5.88 Å². The number of halogens is 1. The monoisotopic (exact) mass is 354 g/mol. The molecule has 108 valence electrons. The maximum absolute atomic E-state index is 12.6. The highest BCUT2D eigenvalue weighted by Crippen LogP contribution is 2.36. The molecule has 0 saturated carbocycles. The number of aromatic nitrogens is 1. The number of aromatic hydroxyl groups is 1. The molecule has 2 aromatic carbocycles. The fraction of sp³-hybridized carbons (Fsp3) is 0.0588. The van der Waals surface area contributed by atoms with Crippen molar-refractivity contribution in [2.45, 2.75) is 6.92 Å². The first-order chi connectivity index (χ1) is 10.6. The average molecular weight is 355 g/mol. The summed E-state index contributed by atoms with van der Waals surface area (Å²) in [4.78, 5) is 19.9. The van der Waals surface area contributed by atoms with E-state index < -0.39 is 0 Å². The lowest BCUT2D eigenvalue weighted by Gasteiger charge is -2.01. The van der Waals surface area contributed by atoms with Crippen LogP contribution in [0.3, 0.4) is 0 Å². The second-order valence-electron chi connectivity index (χ2n) is 5.30. The second-order valence-corrected chi connectivity index (χ2v) is 6.16. The smallest absolute Gasteiger partial charge is 0.214 e. The van der Waals surface area contributed by atoms with E-state index in [0.29, 0.717) is 16.8 Å². The van der Waals surface area contributed by atoms with Crippen LogP contribution in [0.1, 0.15) is 21.5 Å². The first kappa shape index (κ1) is 13.3. The molecule has 2 heterocycles. The summed E-state index contributed by atoms with van der Waals surface area (Å²) in [5.41, 5.74) is 3.75. The molecule has 0 unspecified atom stereocenters. The molecule has 1 aliphatic rings. The van der Waals surface area contributed by atoms with Gasteiger partial charge in [0.1, 0.15) is 5.71 Å². The van der Waals surface area contributed by atoms with Gasteiger partial charge >= 0.3 is 0 Å². The van der Waals surface area contributed by atoms with Gasteiger partial charge in [0, 0.05) is 15.4 Å². The number of nitrogens with zero attached hydrogens (tertiary/aromatic N) is 1. The van der Waals surface area contributed by atoms with Gasteiger partial charge in [-0.3, -0.25) is 4.79 Å². The number of carbonyl (C=O) groups is 1. The molecule has 1 aliphatic heterocycles. The lowest BCUT2D eigenvalue weighted by Crippen LogP contribution is -2.10. The SMILES string of the molecule is Cc1cc2c(C3=Nc4ccccc4C3=O)c(O)[nH]c2cc1Br. The van der Waals surface area contributed by atoms with Crippen molar-refractivity contribution in [3.05, 3.63) is 57.6 Å². The molecule has 0 fully saturated rings. The Balaban J connectivity index is 1.99. The van der Waals surface area contributed by atoms with Crippen LogP contribution in [0, 0.1) is 6.92 Å². The highest BCUT2D eigenvalue weighted by Gasteiger charge is 2.29. The van der Waals surface area contributed by atoms with E-state index in [1.165, 1.54) is 0 Å². The van der Waals surface area contributed by atoms with Crippen LogP contribution >= 0.6 is 15.9 Å². The molecular formula is C17H11BrN2O2. The topological polar surface area (TPSA) is 65.4 Å². The number of H-pyrrole nitrogens is 1. The minimum absolute atomic E-state index is 0.0348. The normalized spacial score (nSPS) is 13.5. The number of hydrogen-bond acceptors (Lipinski definition) is 3. The molecule has 3 aromatic rings. The predicted molar refractivity (Wildman–Crippen MR) is 89.4 cm³/mol. The second kappa shape index (κ2) is 4.55. The van der Waals surface area contributed by atoms with Gasteiger partial charge in [-0.05, 0) is 36.8 Å². The van der Waals surface area contributed by atoms with E-state index in [4.69, 9.17) is 0 Å². The fourth-order valence-corrected chi connectivity index (χ4v) is 3.12. The Hall–Kier alpha value is -2.40. The van der Waals surface area contributed by atoms with Gasteiger partial charge in [-0.15, -0.1) is 0 Å². The zero-order valence-corrected chi connectivity index (χ0v) is 13.2. The summed E-state index contributed by atoms with van der Waals surface area (Å²) in [7, 11) is 0. The Labute approximate surface area is 134 Å². The number of aromatic amines is 1. The third-order valence-electron chi connectivity index (χ3n) is 3.89. The maximum Gasteiger partial charge on any atom is 0.214 e. The molecule has 0 atom stereocenters. The molecule has 0 amide bonds. The van der Waals surface area contributed by atoms with E-state index in [1.807, 2.05) is 31.2 Å². The molecule has 2 N–H and O–H groups in total. The van der Waals surface area contributed by atoms with E-state index in [9.17, 15) is 9.90 Å². The van der Waals surface area contributed by atoms with Gasteiger partial charge in [0.2, 0.25) is 5.78 Å². The zero-order valence-electron chi connectivity index (χ0n) is 11.6. The van der Waals surface area contributed by atoms with Gasteiger partial charge in [0.25, 0.3) is 0 Å². The van der Waals surface area contributed by atoms with Gasteiger partial charge in [0.15, 0.2) is 5.88 Å². The summed E-state index contributed by atoms with van der Waals surface area (Å²) >= 11 is 3.47. The number of aliphatic imine (C=N–C) groups is 1. The molecule has 0 radical (unpaired) electrons. The van der Waals surface area contributed by atoms with Crippen LogP contribution in [0.5, 0.6) is 5.88 Å². The van der Waals surface area contributed by atoms with Crippen LogP contribution in [-0.4, -0.2) is 21.6 Å². The van der Waals surface area contributed by atoms with E-state index in [2.05, 4.69) is 25.9 Å². The lowest BCUT2D eigenvalue weighted by molar-refractivity contribution is 0.107. The number of rotatable bonds is 1. The first-order valence-corrected chi connectivity index (χ1v) is 7.59. The molecule has 0 saturated heterocycles. The number of para-hydroxylation sites is 1. The summed E-state index contributed by atoms with van der Waals surface area (Å²) in [6.07, 6.45) is 0. The maximum atomic E-state index is 12.6. The largest absolute Gasteiger partial charge is 0.494 e. The van der Waals surface area contributed by atoms with Crippen molar-refractivity contribution in [3.63, 3.8) is 0 Å². The number of Topliss-reactive ketones (excluding diaryl/α,β-unsaturated/α-hetero) is 1. The number of carbonyl (C=O) groups excluding carboxylic acids is 1. The third-order valence-corrected chi connectivity index (χ3v) is 4.75. The standard InChI is InChI=1S/C17H11BrN2O2/c1-8-6-10-13(7-11(8)18)20-17(22)14(10)15-16(21)9-4-2-3-5-12(9)19-15/h2-7,20,22H,1H3. The Kier molecular flexibility index (Phi) is 2.74. The highest BCUT2D eigenvalue weighted by molar-refractivity contribution is 9.10. The van der Waals surface area contributed by atoms with Crippen LogP contribution in [0.2, 0.25) is 0 Å². The minimum atomic E-state index is -0.160. The van der Waals surface area contributed by atoms with Crippen molar-refractivity contribution in [1.82, 2.24) is 4.98 Å². The van der Waals surface area contributed by atoms with Gasteiger partial charge in [-0.1, -0.05) is 28.1 Å². The zero-order chi connectivity index (χ0) is 15.4. The van der Waals surface area contributed by atoms with E-state index in [1.54, 1.807) is 12.1 Å². The summed E-state index contributed by atoms with van der Waals surface area (Å²) in [5.74, 6) is -0.195. The fourth-order valence-electron chi connectivity index (χ4n) is 2.78. The molecule has 1 aromatic heterocycles. The van der Waals surface area contributed by atoms with Gasteiger partial charge in [-0.25, -0.2) is 4.99 Å². The third kappa shape index (κ3) is 1.75. The Morgan fingerprint density at radius 2 is 2.00 bits per heavy atom. The number of nitrogens with one attached hydrogen (secondary N) is 1. The van der Waals surface area contributed by atoms with Gasteiger partial charge in [0.05, 0.1) is 16.8 Å². The Morgan fingerprint density at radius 1 is 1.23 bits per heavy atom. The quantitative estimate of drug-likeness (QED) is 0.685. The summed E-state index contributed by atoms with van der Waals surface area (Å²) in [6.45, 7) is 1.96. The predicted octanol–water partition coefficient (Wildman–Crippen LogP) is 4.26. The Bertz CT molecular complexity index is 986. The Morgan fingerprint density at radius 3 is 2.77 bits per heavy atom. The van der Waals surface area contributed by atoms with E-state index in [-0.39, 0.29) is 17.4 Å². The summed E-state index contributed by atoms with van der Waals surface area (Å²) in [5, 5.41) is 11.1. The van der Waals surface area contributed by atoms with Crippen molar-refractivity contribution in [2.24, 2.45) is 4.99 Å². The van der Waals surface area contributed by atoms with E-state index in [0.717, 1.165) is 20.9 Å². The molecule has 0 aliphatic carbocycles.